The van der Waals surface area contributed by atoms with Gasteiger partial charge in [0.2, 0.25) is 0 Å². The maximum absolute atomic E-state index is 5.93. The van der Waals surface area contributed by atoms with Gasteiger partial charge in [-0.15, -0.1) is 0 Å². The number of nitrogens with two attached hydrogens (primary N) is 1. The van der Waals surface area contributed by atoms with Crippen LogP contribution < -0.4 is 5.73 Å². The quantitative estimate of drug-likeness (QED) is 0.852. The van der Waals surface area contributed by atoms with E-state index in [4.69, 9.17) is 10.7 Å². The lowest BCUT2D eigenvalue weighted by Gasteiger charge is -2.27. The molecule has 0 bridgehead atoms. The molecule has 1 heterocycles. The number of nitrogens with zero attached hydrogens (tertiary/aromatic N) is 2. The number of aromatic nitrogens is 2. The van der Waals surface area contributed by atoms with Gasteiger partial charge in [-0.3, -0.25) is 0 Å². The molecule has 112 valence electrons. The molecule has 2 fully saturated rings. The van der Waals surface area contributed by atoms with Crippen molar-refractivity contribution in [3.05, 3.63) is 24.0 Å². The fraction of sp³-hybridized carbons (Fsp3) is 0.611. The monoisotopic (exact) mass is 283 g/mol. The smallest absolute Gasteiger partial charge is 0.113 e. The molecule has 0 radical (unpaired) electrons. The first-order valence-electron chi connectivity index (χ1n) is 8.46. The summed E-state index contributed by atoms with van der Waals surface area (Å²) in [6, 6.07) is 6.21. The van der Waals surface area contributed by atoms with E-state index in [1.165, 1.54) is 49.9 Å². The molecule has 2 N–H and O–H groups in total. The predicted molar refractivity (Wildman–Crippen MR) is 87.2 cm³/mol. The Labute approximate surface area is 126 Å². The van der Waals surface area contributed by atoms with Gasteiger partial charge in [0.05, 0.1) is 11.0 Å². The summed E-state index contributed by atoms with van der Waals surface area (Å²) in [4.78, 5) is 4.90. The van der Waals surface area contributed by atoms with Gasteiger partial charge in [0.25, 0.3) is 0 Å². The van der Waals surface area contributed by atoms with E-state index >= 15 is 0 Å². The Morgan fingerprint density at radius 2 is 2.10 bits per heavy atom. The van der Waals surface area contributed by atoms with Gasteiger partial charge in [0, 0.05) is 18.2 Å². The van der Waals surface area contributed by atoms with Crippen LogP contribution in [0.5, 0.6) is 0 Å². The summed E-state index contributed by atoms with van der Waals surface area (Å²) in [5, 5.41) is 0. The van der Waals surface area contributed by atoms with Crippen LogP contribution in [0.1, 0.15) is 57.2 Å². The van der Waals surface area contributed by atoms with Crippen molar-refractivity contribution < 1.29 is 0 Å². The zero-order valence-corrected chi connectivity index (χ0v) is 12.9. The van der Waals surface area contributed by atoms with Crippen molar-refractivity contribution in [3.8, 4) is 0 Å². The zero-order chi connectivity index (χ0) is 14.4. The maximum Gasteiger partial charge on any atom is 0.113 e. The topological polar surface area (TPSA) is 43.8 Å². The van der Waals surface area contributed by atoms with E-state index in [0.717, 1.165) is 29.6 Å². The molecular formula is C18H25N3. The van der Waals surface area contributed by atoms with Crippen molar-refractivity contribution in [3.63, 3.8) is 0 Å². The highest BCUT2D eigenvalue weighted by Crippen LogP contribution is 2.42. The second-order valence-corrected chi connectivity index (χ2v) is 7.24. The average Bonchev–Trinajstić information content (AvgIpc) is 3.23. The molecule has 3 nitrogen and oxygen atoms in total. The molecule has 0 saturated heterocycles. The second kappa shape index (κ2) is 5.04. The Bertz CT molecular complexity index is 654. The zero-order valence-electron chi connectivity index (χ0n) is 12.9. The van der Waals surface area contributed by atoms with Crippen LogP contribution >= 0.6 is 0 Å². The van der Waals surface area contributed by atoms with Crippen molar-refractivity contribution in [2.24, 2.45) is 11.8 Å². The number of imidazole rings is 1. The van der Waals surface area contributed by atoms with Gasteiger partial charge in [-0.05, 0) is 55.7 Å². The summed E-state index contributed by atoms with van der Waals surface area (Å²) in [6.07, 6.45) is 8.17. The van der Waals surface area contributed by atoms with Crippen LogP contribution in [-0.4, -0.2) is 9.55 Å². The average molecular weight is 283 g/mol. The van der Waals surface area contributed by atoms with E-state index in [2.05, 4.69) is 17.6 Å². The molecule has 3 heteroatoms. The minimum absolute atomic E-state index is 0.694. The lowest BCUT2D eigenvalue weighted by Crippen LogP contribution is -2.19. The molecule has 1 aromatic carbocycles. The van der Waals surface area contributed by atoms with Gasteiger partial charge in [-0.25, -0.2) is 4.98 Å². The highest BCUT2D eigenvalue weighted by molar-refractivity contribution is 5.79. The molecule has 1 aromatic heterocycles. The van der Waals surface area contributed by atoms with E-state index in [0.29, 0.717) is 5.92 Å². The van der Waals surface area contributed by atoms with Crippen LogP contribution in [0, 0.1) is 11.8 Å². The van der Waals surface area contributed by atoms with Crippen molar-refractivity contribution in [1.29, 1.82) is 0 Å². The summed E-state index contributed by atoms with van der Waals surface area (Å²) in [7, 11) is 0. The minimum atomic E-state index is 0.694. The van der Waals surface area contributed by atoms with Gasteiger partial charge in [-0.1, -0.05) is 19.8 Å². The van der Waals surface area contributed by atoms with Gasteiger partial charge >= 0.3 is 0 Å². The molecule has 2 saturated carbocycles. The van der Waals surface area contributed by atoms with E-state index in [9.17, 15) is 0 Å². The second-order valence-electron chi connectivity index (χ2n) is 7.24. The third-order valence-electron chi connectivity index (χ3n) is 5.23. The molecule has 0 amide bonds. The van der Waals surface area contributed by atoms with Crippen LogP contribution in [0.15, 0.2) is 18.2 Å². The van der Waals surface area contributed by atoms with Crippen LogP contribution in [0.2, 0.25) is 0 Å². The number of hydrogen-bond donors (Lipinski definition) is 1. The number of fused-ring (bicyclic) bond motifs is 1. The number of hydrogen-bond acceptors (Lipinski definition) is 2. The minimum Gasteiger partial charge on any atom is -0.399 e. The standard InChI is InChI=1S/C18H25N3/c1-12-3-2-4-13(9-12)11-21-17-8-7-15(19)10-16(17)20-18(21)14-5-6-14/h7-8,10,12-14H,2-6,9,11,19H2,1H3. The third kappa shape index (κ3) is 2.54. The lowest BCUT2D eigenvalue weighted by atomic mass is 9.82. The van der Waals surface area contributed by atoms with Crippen molar-refractivity contribution in [2.75, 3.05) is 5.73 Å². The fourth-order valence-corrected chi connectivity index (χ4v) is 3.99. The number of anilines is 1. The summed E-state index contributed by atoms with van der Waals surface area (Å²) < 4.78 is 2.51. The first-order chi connectivity index (χ1) is 10.2. The molecule has 2 aliphatic rings. The van der Waals surface area contributed by atoms with Gasteiger partial charge in [-0.2, -0.15) is 0 Å². The third-order valence-corrected chi connectivity index (χ3v) is 5.23. The van der Waals surface area contributed by atoms with E-state index < -0.39 is 0 Å². The fourth-order valence-electron chi connectivity index (χ4n) is 3.99. The molecule has 0 aliphatic heterocycles. The highest BCUT2D eigenvalue weighted by atomic mass is 15.1. The summed E-state index contributed by atoms with van der Waals surface area (Å²) in [5.74, 6) is 3.72. The first kappa shape index (κ1) is 13.2. The predicted octanol–water partition coefficient (Wildman–Crippen LogP) is 4.32. The first-order valence-corrected chi connectivity index (χ1v) is 8.46. The van der Waals surface area contributed by atoms with Gasteiger partial charge < -0.3 is 10.3 Å². The molecule has 21 heavy (non-hydrogen) atoms. The molecule has 2 aromatic rings. The van der Waals surface area contributed by atoms with Crippen LogP contribution in [-0.2, 0) is 6.54 Å². The number of rotatable bonds is 3. The van der Waals surface area contributed by atoms with E-state index in [-0.39, 0.29) is 0 Å². The summed E-state index contributed by atoms with van der Waals surface area (Å²) in [6.45, 7) is 3.55. The van der Waals surface area contributed by atoms with Gasteiger partial charge in [0.1, 0.15) is 5.82 Å². The highest BCUT2D eigenvalue weighted by Gasteiger charge is 2.30. The lowest BCUT2D eigenvalue weighted by molar-refractivity contribution is 0.257. The molecular weight excluding hydrogens is 258 g/mol. The van der Waals surface area contributed by atoms with E-state index in [1.807, 2.05) is 12.1 Å². The van der Waals surface area contributed by atoms with Gasteiger partial charge in [0.15, 0.2) is 0 Å². The molecule has 2 aliphatic carbocycles. The summed E-state index contributed by atoms with van der Waals surface area (Å²) in [5.41, 5.74) is 9.11. The Morgan fingerprint density at radius 1 is 1.24 bits per heavy atom. The van der Waals surface area contributed by atoms with Crippen molar-refractivity contribution in [2.45, 2.75) is 57.9 Å². The Kier molecular flexibility index (Phi) is 3.16. The van der Waals surface area contributed by atoms with Crippen molar-refractivity contribution >= 4 is 16.7 Å². The van der Waals surface area contributed by atoms with E-state index in [1.54, 1.807) is 0 Å². The Hall–Kier alpha value is -1.51. The molecule has 2 unspecified atom stereocenters. The Morgan fingerprint density at radius 3 is 2.86 bits per heavy atom. The summed E-state index contributed by atoms with van der Waals surface area (Å²) >= 11 is 0. The maximum atomic E-state index is 5.93. The van der Waals surface area contributed by atoms with Crippen molar-refractivity contribution in [1.82, 2.24) is 9.55 Å². The largest absolute Gasteiger partial charge is 0.399 e. The normalized spacial score (nSPS) is 26.3. The van der Waals surface area contributed by atoms with Crippen LogP contribution in [0.4, 0.5) is 5.69 Å². The van der Waals surface area contributed by atoms with Crippen LogP contribution in [0.3, 0.4) is 0 Å². The number of benzene rings is 1. The SMILES string of the molecule is CC1CCCC(Cn2c(C3CC3)nc3cc(N)ccc32)C1. The Balaban J connectivity index is 1.70. The van der Waals surface area contributed by atoms with Crippen LogP contribution in [0.25, 0.3) is 11.0 Å². The molecule has 4 rings (SSSR count). The number of nitrogen functional groups attached to an aromatic ring is 1. The molecule has 2 atom stereocenters. The molecule has 0 spiro atoms.